The van der Waals surface area contributed by atoms with Gasteiger partial charge in [0.25, 0.3) is 0 Å². The summed E-state index contributed by atoms with van der Waals surface area (Å²) in [7, 11) is 0. The molecule has 0 aromatic carbocycles. The summed E-state index contributed by atoms with van der Waals surface area (Å²) in [6, 6.07) is 0. The Labute approximate surface area is 76.4 Å². The van der Waals surface area contributed by atoms with E-state index in [0.29, 0.717) is 11.6 Å². The minimum absolute atomic E-state index is 0.676. The first kappa shape index (κ1) is 11.4. The minimum Gasteiger partial charge on any atom is -0.305 e. The number of allylic oxidation sites excluding steroid dienone is 2. The fourth-order valence-electron chi connectivity index (χ4n) is 1.25. The standard InChI is InChI=1S/C11H21N/c1-5-7-11(6-2)8-9(3)10(4)12/h8,11-12H,5-7H2,1-4H3/b9-8-,12-10?. The SMILES string of the molecule is CCCC(/C=C(/C)C(C)=N)CC. The summed E-state index contributed by atoms with van der Waals surface area (Å²) in [5, 5.41) is 7.43. The molecule has 0 saturated carbocycles. The van der Waals surface area contributed by atoms with E-state index in [-0.39, 0.29) is 0 Å². The van der Waals surface area contributed by atoms with Crippen LogP contribution >= 0.6 is 0 Å². The average molecular weight is 167 g/mol. The van der Waals surface area contributed by atoms with Gasteiger partial charge in [0, 0.05) is 5.71 Å². The normalized spacial score (nSPS) is 14.5. The molecule has 0 rings (SSSR count). The Bertz CT molecular complexity index is 168. The van der Waals surface area contributed by atoms with E-state index in [0.717, 1.165) is 5.57 Å². The molecular weight excluding hydrogens is 146 g/mol. The average Bonchev–Trinajstić information content (AvgIpc) is 2.03. The Morgan fingerprint density at radius 1 is 1.33 bits per heavy atom. The lowest BCUT2D eigenvalue weighted by atomic mass is 9.97. The third-order valence-corrected chi connectivity index (χ3v) is 2.26. The van der Waals surface area contributed by atoms with Crippen LogP contribution in [0.15, 0.2) is 11.6 Å². The second-order valence-corrected chi connectivity index (χ2v) is 3.43. The van der Waals surface area contributed by atoms with Crippen LogP contribution in [0.1, 0.15) is 47.0 Å². The van der Waals surface area contributed by atoms with E-state index in [9.17, 15) is 0 Å². The first-order valence-electron chi connectivity index (χ1n) is 4.85. The van der Waals surface area contributed by atoms with E-state index in [2.05, 4.69) is 19.9 Å². The van der Waals surface area contributed by atoms with Crippen molar-refractivity contribution in [2.75, 3.05) is 0 Å². The van der Waals surface area contributed by atoms with Crippen LogP contribution < -0.4 is 0 Å². The van der Waals surface area contributed by atoms with Crippen LogP contribution in [-0.2, 0) is 0 Å². The summed E-state index contributed by atoms with van der Waals surface area (Å²) in [4.78, 5) is 0. The highest BCUT2D eigenvalue weighted by Gasteiger charge is 2.02. The topological polar surface area (TPSA) is 23.9 Å². The number of rotatable bonds is 5. The summed E-state index contributed by atoms with van der Waals surface area (Å²) in [5.41, 5.74) is 1.83. The molecule has 0 bridgehead atoms. The van der Waals surface area contributed by atoms with E-state index < -0.39 is 0 Å². The van der Waals surface area contributed by atoms with Gasteiger partial charge in [0.15, 0.2) is 0 Å². The Morgan fingerprint density at radius 2 is 1.92 bits per heavy atom. The highest BCUT2D eigenvalue weighted by atomic mass is 14.4. The molecule has 1 heteroatoms. The van der Waals surface area contributed by atoms with Gasteiger partial charge in [-0.25, -0.2) is 0 Å². The summed E-state index contributed by atoms with van der Waals surface area (Å²) in [6.45, 7) is 8.30. The highest BCUT2D eigenvalue weighted by molar-refractivity contribution is 5.94. The molecule has 0 aliphatic heterocycles. The van der Waals surface area contributed by atoms with Crippen molar-refractivity contribution in [1.82, 2.24) is 0 Å². The molecule has 1 unspecified atom stereocenters. The zero-order valence-corrected chi connectivity index (χ0v) is 8.78. The maximum atomic E-state index is 7.43. The van der Waals surface area contributed by atoms with Crippen molar-refractivity contribution in [3.63, 3.8) is 0 Å². The van der Waals surface area contributed by atoms with Crippen LogP contribution in [-0.4, -0.2) is 5.71 Å². The Morgan fingerprint density at radius 3 is 2.25 bits per heavy atom. The summed E-state index contributed by atoms with van der Waals surface area (Å²) in [6.07, 6.45) is 5.92. The van der Waals surface area contributed by atoms with Crippen molar-refractivity contribution in [3.8, 4) is 0 Å². The fraction of sp³-hybridized carbons (Fsp3) is 0.727. The molecule has 12 heavy (non-hydrogen) atoms. The molecule has 70 valence electrons. The molecule has 0 heterocycles. The lowest BCUT2D eigenvalue weighted by molar-refractivity contribution is 0.561. The largest absolute Gasteiger partial charge is 0.305 e. The van der Waals surface area contributed by atoms with Crippen LogP contribution in [0.2, 0.25) is 0 Å². The van der Waals surface area contributed by atoms with E-state index in [1.807, 2.05) is 13.8 Å². The van der Waals surface area contributed by atoms with Crippen molar-refractivity contribution in [1.29, 1.82) is 5.41 Å². The molecule has 0 aliphatic rings. The summed E-state index contributed by atoms with van der Waals surface area (Å²) in [5.74, 6) is 0.676. The Balaban J connectivity index is 4.14. The highest BCUT2D eigenvalue weighted by Crippen LogP contribution is 2.14. The van der Waals surface area contributed by atoms with Crippen molar-refractivity contribution < 1.29 is 0 Å². The van der Waals surface area contributed by atoms with Crippen molar-refractivity contribution in [2.24, 2.45) is 5.92 Å². The van der Waals surface area contributed by atoms with Crippen molar-refractivity contribution in [3.05, 3.63) is 11.6 Å². The van der Waals surface area contributed by atoms with Gasteiger partial charge in [-0.3, -0.25) is 0 Å². The molecule has 0 aromatic rings. The van der Waals surface area contributed by atoms with Crippen LogP contribution in [0.3, 0.4) is 0 Å². The van der Waals surface area contributed by atoms with E-state index >= 15 is 0 Å². The van der Waals surface area contributed by atoms with Gasteiger partial charge in [0.2, 0.25) is 0 Å². The van der Waals surface area contributed by atoms with E-state index in [4.69, 9.17) is 5.41 Å². The zero-order valence-electron chi connectivity index (χ0n) is 8.78. The Hall–Kier alpha value is -0.590. The fourth-order valence-corrected chi connectivity index (χ4v) is 1.25. The molecular formula is C11H21N. The van der Waals surface area contributed by atoms with Gasteiger partial charge in [-0.05, 0) is 38.2 Å². The van der Waals surface area contributed by atoms with Crippen LogP contribution in [0.5, 0.6) is 0 Å². The molecule has 0 amide bonds. The van der Waals surface area contributed by atoms with Crippen molar-refractivity contribution >= 4 is 5.71 Å². The molecule has 0 fully saturated rings. The van der Waals surface area contributed by atoms with Gasteiger partial charge in [0.05, 0.1) is 0 Å². The summed E-state index contributed by atoms with van der Waals surface area (Å²) < 4.78 is 0. The maximum Gasteiger partial charge on any atom is 0.0309 e. The van der Waals surface area contributed by atoms with Crippen LogP contribution in [0.4, 0.5) is 0 Å². The molecule has 1 N–H and O–H groups in total. The Kier molecular flexibility index (Phi) is 5.69. The monoisotopic (exact) mass is 167 g/mol. The smallest absolute Gasteiger partial charge is 0.0309 e. The van der Waals surface area contributed by atoms with Crippen LogP contribution in [0, 0.1) is 11.3 Å². The lowest BCUT2D eigenvalue weighted by Gasteiger charge is -2.09. The molecule has 1 nitrogen and oxygen atoms in total. The number of hydrogen-bond donors (Lipinski definition) is 1. The van der Waals surface area contributed by atoms with Gasteiger partial charge in [-0.2, -0.15) is 0 Å². The molecule has 1 atom stereocenters. The second-order valence-electron chi connectivity index (χ2n) is 3.43. The lowest BCUT2D eigenvalue weighted by Crippen LogP contribution is -1.98. The van der Waals surface area contributed by atoms with E-state index in [1.165, 1.54) is 19.3 Å². The van der Waals surface area contributed by atoms with Crippen molar-refractivity contribution in [2.45, 2.75) is 47.0 Å². The summed E-state index contributed by atoms with van der Waals surface area (Å²) >= 11 is 0. The number of nitrogens with one attached hydrogen (secondary N) is 1. The molecule has 0 aliphatic carbocycles. The first-order valence-corrected chi connectivity index (χ1v) is 4.85. The number of hydrogen-bond acceptors (Lipinski definition) is 1. The zero-order chi connectivity index (χ0) is 9.56. The quantitative estimate of drug-likeness (QED) is 0.602. The van der Waals surface area contributed by atoms with Gasteiger partial charge in [0.1, 0.15) is 0 Å². The predicted octanol–water partition coefficient (Wildman–Crippen LogP) is 3.80. The van der Waals surface area contributed by atoms with Gasteiger partial charge < -0.3 is 5.41 Å². The van der Waals surface area contributed by atoms with Crippen LogP contribution in [0.25, 0.3) is 0 Å². The van der Waals surface area contributed by atoms with Gasteiger partial charge in [-0.15, -0.1) is 0 Å². The maximum absolute atomic E-state index is 7.43. The molecule has 0 spiro atoms. The second kappa shape index (κ2) is 5.99. The molecule has 0 aromatic heterocycles. The van der Waals surface area contributed by atoms with Gasteiger partial charge >= 0.3 is 0 Å². The predicted molar refractivity (Wildman–Crippen MR) is 55.8 cm³/mol. The third kappa shape index (κ3) is 4.32. The minimum atomic E-state index is 0.676. The molecule has 0 radical (unpaired) electrons. The van der Waals surface area contributed by atoms with E-state index in [1.54, 1.807) is 0 Å². The third-order valence-electron chi connectivity index (χ3n) is 2.26. The van der Waals surface area contributed by atoms with Gasteiger partial charge in [-0.1, -0.05) is 26.3 Å². The molecule has 0 saturated heterocycles. The first-order chi connectivity index (χ1) is 5.61.